The van der Waals surface area contributed by atoms with E-state index in [0.717, 1.165) is 66.7 Å². The van der Waals surface area contributed by atoms with Crippen molar-refractivity contribution in [3.63, 3.8) is 0 Å². The molecule has 12 rings (SSSR count). The van der Waals surface area contributed by atoms with Crippen molar-refractivity contribution in [3.8, 4) is 57.1 Å². The van der Waals surface area contributed by atoms with Gasteiger partial charge in [0, 0.05) is 34.7 Å². The lowest BCUT2D eigenvalue weighted by Crippen LogP contribution is -2.64. The van der Waals surface area contributed by atoms with Crippen LogP contribution in [0.3, 0.4) is 0 Å². The normalized spacial score (nSPS) is 28.7. The van der Waals surface area contributed by atoms with E-state index in [4.69, 9.17) is 73.0 Å². The van der Waals surface area contributed by atoms with E-state index in [0.29, 0.717) is 0 Å². The number of hydrogen-bond donors (Lipinski definition) is 20. The van der Waals surface area contributed by atoms with Crippen LogP contribution in [-0.2, 0) is 57.4 Å². The molecule has 37 heteroatoms. The van der Waals surface area contributed by atoms with Gasteiger partial charge in [-0.25, -0.2) is 4.79 Å². The third-order valence-corrected chi connectivity index (χ3v) is 18.4. The summed E-state index contributed by atoms with van der Waals surface area (Å²) in [5.74, 6) is -16.0. The molecule has 0 unspecified atom stereocenters. The lowest BCUT2D eigenvalue weighted by Gasteiger charge is -2.47. The number of primary amides is 1. The molecule has 0 aliphatic carbocycles. The number of ether oxygens (including phenoxy) is 6. The number of halogens is 2. The van der Waals surface area contributed by atoms with Gasteiger partial charge in [0.1, 0.15) is 89.5 Å². The smallest absolute Gasteiger partial charge is 0.330 e. The van der Waals surface area contributed by atoms with Crippen LogP contribution >= 0.6 is 23.2 Å². The molecule has 104 heavy (non-hydrogen) atoms. The Morgan fingerprint density at radius 1 is 0.731 bits per heavy atom. The van der Waals surface area contributed by atoms with E-state index in [9.17, 15) is 75.0 Å². The summed E-state index contributed by atoms with van der Waals surface area (Å²) in [6.45, 7) is 5.41. The van der Waals surface area contributed by atoms with E-state index >= 15 is 14.4 Å². The van der Waals surface area contributed by atoms with Crippen LogP contribution in [0.4, 0.5) is 0 Å². The Labute approximate surface area is 600 Å². The van der Waals surface area contributed by atoms with Gasteiger partial charge in [0.2, 0.25) is 53.4 Å². The van der Waals surface area contributed by atoms with Gasteiger partial charge in [0.15, 0.2) is 29.9 Å². The highest BCUT2D eigenvalue weighted by Gasteiger charge is 2.51. The summed E-state index contributed by atoms with van der Waals surface area (Å²) in [5.41, 5.74) is 8.00. The fourth-order valence-corrected chi connectivity index (χ4v) is 12.9. The molecule has 5 aromatic carbocycles. The van der Waals surface area contributed by atoms with Crippen molar-refractivity contribution in [1.29, 1.82) is 0 Å². The molecule has 0 spiro atoms. The van der Waals surface area contributed by atoms with Crippen molar-refractivity contribution < 1.29 is 128 Å². The summed E-state index contributed by atoms with van der Waals surface area (Å²) in [4.78, 5) is 125. The number of carbonyl (C=O) groups is 9. The molecule has 35 nitrogen and oxygen atoms in total. The van der Waals surface area contributed by atoms with E-state index in [1.807, 2.05) is 13.8 Å². The van der Waals surface area contributed by atoms with Crippen molar-refractivity contribution in [2.75, 3.05) is 13.7 Å². The van der Waals surface area contributed by atoms with Gasteiger partial charge in [0.25, 0.3) is 6.47 Å². The second-order valence-corrected chi connectivity index (χ2v) is 26.6. The zero-order valence-electron chi connectivity index (χ0n) is 55.8. The minimum absolute atomic E-state index is 0.0975. The van der Waals surface area contributed by atoms with Gasteiger partial charge in [-0.05, 0) is 110 Å². The van der Waals surface area contributed by atoms with E-state index in [2.05, 4.69) is 37.2 Å². The van der Waals surface area contributed by atoms with Crippen LogP contribution in [0, 0.1) is 5.92 Å². The number of aliphatic hydroxyl groups excluding tert-OH is 6. The predicted molar refractivity (Wildman–Crippen MR) is 358 cm³/mol. The molecule has 22 N–H and O–H groups in total. The summed E-state index contributed by atoms with van der Waals surface area (Å²) in [6, 6.07) is -0.679. The number of benzene rings is 5. The molecule has 5 aromatic rings. The van der Waals surface area contributed by atoms with Crippen LogP contribution in [0.2, 0.25) is 10.0 Å². The second kappa shape index (κ2) is 32.5. The van der Waals surface area contributed by atoms with Crippen LogP contribution in [-0.4, -0.2) is 203 Å². The zero-order valence-corrected chi connectivity index (χ0v) is 57.3. The first-order valence-corrected chi connectivity index (χ1v) is 32.9. The first-order valence-electron chi connectivity index (χ1n) is 32.1. The summed E-state index contributed by atoms with van der Waals surface area (Å²) in [6.07, 6.45) is -18.6. The second-order valence-electron chi connectivity index (χ2n) is 25.8. The highest BCUT2D eigenvalue weighted by Crippen LogP contribution is 2.50. The highest BCUT2D eigenvalue weighted by atomic mass is 35.5. The minimum atomic E-state index is -2.35. The summed E-state index contributed by atoms with van der Waals surface area (Å²) in [7, 11) is 1.47. The Hall–Kier alpha value is -9.73. The van der Waals surface area contributed by atoms with Gasteiger partial charge in [0.05, 0.1) is 41.3 Å². The molecule has 7 heterocycles. The van der Waals surface area contributed by atoms with Crippen molar-refractivity contribution in [2.24, 2.45) is 17.4 Å². The fraction of sp³-hybridized carbons (Fsp3) is 0.418. The Kier molecular flexibility index (Phi) is 24.5. The maximum absolute atomic E-state index is 16.0. The number of likely N-dealkylation sites (N-methyl/N-ethyl adjacent to an activating group) is 1. The van der Waals surface area contributed by atoms with Crippen LogP contribution < -0.4 is 62.9 Å². The van der Waals surface area contributed by atoms with Gasteiger partial charge < -0.3 is 133 Å². The van der Waals surface area contributed by atoms with Crippen LogP contribution in [0.25, 0.3) is 11.1 Å². The lowest BCUT2D eigenvalue weighted by atomic mass is 9.86. The van der Waals surface area contributed by atoms with Gasteiger partial charge >= 0.3 is 5.97 Å². The van der Waals surface area contributed by atoms with Crippen LogP contribution in [0.5, 0.6) is 46.0 Å². The van der Waals surface area contributed by atoms with E-state index in [-0.39, 0.29) is 52.7 Å². The Bertz CT molecular complexity index is 4130. The maximum Gasteiger partial charge on any atom is 0.330 e. The van der Waals surface area contributed by atoms with Gasteiger partial charge in [-0.3, -0.25) is 38.4 Å². The van der Waals surface area contributed by atoms with Crippen LogP contribution in [0.15, 0.2) is 78.9 Å². The average molecular weight is 1500 g/mol. The quantitative estimate of drug-likeness (QED) is 0.0679. The number of fused-ring (bicyclic) bond motifs is 15. The molecule has 0 aromatic heterocycles. The number of phenolic OH excluding ortho intramolecular Hbond substituents is 3. The van der Waals surface area contributed by atoms with Gasteiger partial charge in [-0.2, -0.15) is 0 Å². The molecule has 560 valence electrons. The number of carbonyl (C=O) groups excluding carboxylic acids is 7. The van der Waals surface area contributed by atoms with Crippen LogP contribution in [0.1, 0.15) is 105 Å². The maximum atomic E-state index is 16.0. The molecule has 7 aliphatic rings. The van der Waals surface area contributed by atoms with Gasteiger partial charge in [-0.15, -0.1) is 0 Å². The molecule has 11 bridgehead atoms. The number of nitrogens with two attached hydrogens (primary N) is 2. The third-order valence-electron chi connectivity index (χ3n) is 17.8. The molecular weight excluding hydrogens is 1420 g/mol. The number of hydrogen-bond acceptors (Lipinski definition) is 26. The third kappa shape index (κ3) is 17.1. The minimum Gasteiger partial charge on any atom is -0.508 e. The van der Waals surface area contributed by atoms with E-state index < -0.39 is 237 Å². The molecule has 7 amide bonds. The van der Waals surface area contributed by atoms with Crippen molar-refractivity contribution >= 4 is 77.0 Å². The van der Waals surface area contributed by atoms with Crippen molar-refractivity contribution in [1.82, 2.24) is 37.2 Å². The number of amides is 7. The Morgan fingerprint density at radius 2 is 1.32 bits per heavy atom. The summed E-state index contributed by atoms with van der Waals surface area (Å²) < 4.78 is 38.3. The van der Waals surface area contributed by atoms with Crippen molar-refractivity contribution in [2.45, 2.75) is 156 Å². The highest BCUT2D eigenvalue weighted by molar-refractivity contribution is 6.32. The monoisotopic (exact) mass is 1490 g/mol. The first-order chi connectivity index (χ1) is 49.1. The Morgan fingerprint density at radius 3 is 1.88 bits per heavy atom. The number of aromatic hydroxyl groups is 3. The number of nitrogens with one attached hydrogen (secondary N) is 7. The number of rotatable bonds is 13. The topological polar surface area (TPSA) is 568 Å². The molecule has 2 saturated heterocycles. The largest absolute Gasteiger partial charge is 0.508 e. The van der Waals surface area contributed by atoms with Crippen molar-refractivity contribution in [3.05, 3.63) is 117 Å². The number of phenols is 3. The van der Waals surface area contributed by atoms with Gasteiger partial charge in [-0.1, -0.05) is 55.2 Å². The molecule has 2 fully saturated rings. The first kappa shape index (κ1) is 78.4. The summed E-state index contributed by atoms with van der Waals surface area (Å²) >= 11 is 14.1. The standard InChI is InChI=1S/C66H75Cl2N9O24.CH2O2/c1-23(2)12-34(71-5)58(88)76-49-51(83)26-7-10-38(32(67)14-26)97-40-16-28-17-41(55(40)101-65-56(54(86)53(85)42(22-78)99-65)100-44-21-66(4,70)57(87)24(3)96-44)98-39-11-8-27(15-33(39)68)52(84)50-63(93)75-48(64(94)95)31-18-29(79)19-37(81)45(31)30-13-25(6-9-36(30)80)46(60(90)77-50)74-61(91)47(28)73-59(89)35(20-43(69)82)72-62(49)92;2-1-3/h6-11,13-19,23-24,34-35,42,44,46-54,56-57,65,71,78-81,83-87H,12,20-22,70H2,1-5H3,(H2,69,82)(H,72,92)(H,73,89)(H,74,91)(H,75,93)(H,76,88)(H,77,90)(H,94,95);1H,(H,2,3)/t24-,34+,35-,42+,44-,46+,47+,48-,49+,50-,51+,52+,53+,54-,56+,57+,65-,66-;/m0./s1. The number of carboxylic acids is 1. The number of aliphatic carboxylic acids is 1. The summed E-state index contributed by atoms with van der Waals surface area (Å²) in [5, 5.41) is 137. The van der Waals surface area contributed by atoms with E-state index in [1.54, 1.807) is 0 Å². The SMILES string of the molecule is CN[C@H](CC(C)C)C(=O)N[C@H]1C(=O)N[C@@H](CC(N)=O)C(=O)N[C@H]2C(=O)N[C@H]3C(=O)N[C@H](C(=O)N[C@H](C(=O)O)c4cc(O)cc(O)c4-c4cc3ccc4O)[C@H](O)c3ccc(c(Cl)c3)Oc3cc2cc(c3O[C@@H]2O[C@H](CO)[C@@H](O)[C@H](O)[C@H]2O[C@H]2C[C@](C)(N)[C@H](O)[C@H](C)O2)Oc2ccc(cc2Cl)[C@H]1O.O=CO. The molecule has 18 atom stereocenters. The zero-order chi connectivity index (χ0) is 76.2. The molecular formula is C67H77Cl2N9O26. The fourth-order valence-electron chi connectivity index (χ4n) is 12.5. The number of aliphatic hydroxyl groups is 6. The van der Waals surface area contributed by atoms with E-state index in [1.165, 1.54) is 33.0 Å². The molecule has 0 saturated carbocycles. The molecule has 7 aliphatic heterocycles. The molecule has 0 radical (unpaired) electrons. The average Bonchev–Trinajstić information content (AvgIpc) is 0.778. The lowest BCUT2D eigenvalue weighted by molar-refractivity contribution is -0.333. The predicted octanol–water partition coefficient (Wildman–Crippen LogP) is -0.193. The number of carboxylic acid groups (broad SMARTS) is 2. The Balaban J connectivity index is 0.00000411.